The Bertz CT molecular complexity index is 355. The van der Waals surface area contributed by atoms with E-state index in [1.807, 2.05) is 19.9 Å². The monoisotopic (exact) mass is 237 g/mol. The lowest BCUT2D eigenvalue weighted by Gasteiger charge is -2.24. The van der Waals surface area contributed by atoms with Crippen LogP contribution in [0.5, 0.6) is 0 Å². The summed E-state index contributed by atoms with van der Waals surface area (Å²) in [5, 5.41) is 0. The fourth-order valence-electron chi connectivity index (χ4n) is 2.06. The van der Waals surface area contributed by atoms with Crippen LogP contribution in [0.2, 0.25) is 0 Å². The fraction of sp³-hybridized carbons (Fsp3) is 0.615. The van der Waals surface area contributed by atoms with Gasteiger partial charge in [0.15, 0.2) is 0 Å². The van der Waals surface area contributed by atoms with Crippen molar-refractivity contribution in [3.8, 4) is 0 Å². The molecule has 0 spiro atoms. The van der Waals surface area contributed by atoms with Gasteiger partial charge in [0, 0.05) is 25.1 Å². The molecule has 4 nitrogen and oxygen atoms in total. The average molecular weight is 237 g/mol. The number of nitrogens with one attached hydrogen (secondary N) is 1. The van der Waals surface area contributed by atoms with Gasteiger partial charge in [-0.3, -0.25) is 16.3 Å². The summed E-state index contributed by atoms with van der Waals surface area (Å²) in [6.45, 7) is 6.94. The minimum atomic E-state index is 0.123. The van der Waals surface area contributed by atoms with Crippen LogP contribution in [0.25, 0.3) is 0 Å². The Balaban J connectivity index is 2.85. The summed E-state index contributed by atoms with van der Waals surface area (Å²) >= 11 is 0. The molecule has 1 aromatic rings. The van der Waals surface area contributed by atoms with Gasteiger partial charge in [-0.25, -0.2) is 0 Å². The highest BCUT2D eigenvalue weighted by molar-refractivity contribution is 5.25. The van der Waals surface area contributed by atoms with Crippen LogP contribution in [0.4, 0.5) is 0 Å². The lowest BCUT2D eigenvalue weighted by molar-refractivity contribution is 0.170. The summed E-state index contributed by atoms with van der Waals surface area (Å²) in [7, 11) is 1.72. The number of rotatable bonds is 6. The molecule has 0 aliphatic rings. The molecular weight excluding hydrogens is 214 g/mol. The number of hydrogen-bond donors (Lipinski definition) is 2. The normalized spacial score (nSPS) is 14.6. The second kappa shape index (κ2) is 6.69. The predicted octanol–water partition coefficient (Wildman–Crippen LogP) is 1.88. The predicted molar refractivity (Wildman–Crippen MR) is 69.4 cm³/mol. The van der Waals surface area contributed by atoms with Gasteiger partial charge in [-0.2, -0.15) is 0 Å². The maximum Gasteiger partial charge on any atom is 0.0504 e. The fourth-order valence-corrected chi connectivity index (χ4v) is 2.06. The summed E-state index contributed by atoms with van der Waals surface area (Å²) in [4.78, 5) is 4.48. The maximum atomic E-state index is 5.67. The van der Waals surface area contributed by atoms with E-state index in [-0.39, 0.29) is 6.04 Å². The summed E-state index contributed by atoms with van der Waals surface area (Å²) in [6, 6.07) is 4.25. The molecule has 1 heterocycles. The average Bonchev–Trinajstić information content (AvgIpc) is 2.30. The Morgan fingerprint density at radius 3 is 2.65 bits per heavy atom. The third-order valence-corrected chi connectivity index (χ3v) is 3.13. The van der Waals surface area contributed by atoms with E-state index in [1.165, 1.54) is 5.56 Å². The molecule has 2 unspecified atom stereocenters. The highest BCUT2D eigenvalue weighted by atomic mass is 16.5. The van der Waals surface area contributed by atoms with Gasteiger partial charge in [0.2, 0.25) is 0 Å². The van der Waals surface area contributed by atoms with E-state index in [9.17, 15) is 0 Å². The molecule has 0 saturated heterocycles. The summed E-state index contributed by atoms with van der Waals surface area (Å²) in [5.74, 6) is 6.07. The number of methoxy groups -OCH3 is 1. The maximum absolute atomic E-state index is 5.67. The smallest absolute Gasteiger partial charge is 0.0504 e. The molecule has 4 heteroatoms. The molecule has 2 atom stereocenters. The number of hydrazine groups is 1. The molecule has 0 aromatic carbocycles. The molecule has 3 N–H and O–H groups in total. The van der Waals surface area contributed by atoms with E-state index in [4.69, 9.17) is 10.6 Å². The van der Waals surface area contributed by atoms with Crippen molar-refractivity contribution in [3.05, 3.63) is 29.1 Å². The third kappa shape index (κ3) is 3.77. The minimum Gasteiger partial charge on any atom is -0.385 e. The van der Waals surface area contributed by atoms with E-state index in [0.717, 1.165) is 24.4 Å². The van der Waals surface area contributed by atoms with Crippen molar-refractivity contribution in [1.82, 2.24) is 10.4 Å². The van der Waals surface area contributed by atoms with E-state index < -0.39 is 0 Å². The van der Waals surface area contributed by atoms with Crippen molar-refractivity contribution in [2.75, 3.05) is 13.7 Å². The summed E-state index contributed by atoms with van der Waals surface area (Å²) in [5.41, 5.74) is 6.13. The van der Waals surface area contributed by atoms with E-state index in [1.54, 1.807) is 7.11 Å². The van der Waals surface area contributed by atoms with Gasteiger partial charge in [-0.05, 0) is 37.8 Å². The standard InChI is InChI=1S/C13H23N3O/c1-9(7-8-17-4)13(16-14)12-6-5-10(2)15-11(12)3/h5-6,9,13,16H,7-8,14H2,1-4H3. The topological polar surface area (TPSA) is 60.2 Å². The lowest BCUT2D eigenvalue weighted by Crippen LogP contribution is -2.33. The number of aryl methyl sites for hydroxylation is 2. The van der Waals surface area contributed by atoms with Crippen molar-refractivity contribution >= 4 is 0 Å². The van der Waals surface area contributed by atoms with Crippen LogP contribution < -0.4 is 11.3 Å². The third-order valence-electron chi connectivity index (χ3n) is 3.13. The first-order chi connectivity index (χ1) is 8.10. The zero-order valence-corrected chi connectivity index (χ0v) is 11.2. The second-order valence-corrected chi connectivity index (χ2v) is 4.53. The van der Waals surface area contributed by atoms with E-state index in [2.05, 4.69) is 23.4 Å². The van der Waals surface area contributed by atoms with Crippen molar-refractivity contribution < 1.29 is 4.74 Å². The second-order valence-electron chi connectivity index (χ2n) is 4.53. The number of nitrogens with two attached hydrogens (primary N) is 1. The molecule has 96 valence electrons. The van der Waals surface area contributed by atoms with Crippen molar-refractivity contribution in [2.45, 2.75) is 33.2 Å². The SMILES string of the molecule is COCCC(C)C(NN)c1ccc(C)nc1C. The number of ether oxygens (including phenoxy) is 1. The molecule has 1 aromatic heterocycles. The Hall–Kier alpha value is -0.970. The van der Waals surface area contributed by atoms with Gasteiger partial charge in [-0.15, -0.1) is 0 Å². The largest absolute Gasteiger partial charge is 0.385 e. The Labute approximate surface area is 104 Å². The zero-order chi connectivity index (χ0) is 12.8. The number of aromatic nitrogens is 1. The first kappa shape index (κ1) is 14.1. The molecule has 17 heavy (non-hydrogen) atoms. The highest BCUT2D eigenvalue weighted by Gasteiger charge is 2.19. The van der Waals surface area contributed by atoms with Gasteiger partial charge in [0.1, 0.15) is 0 Å². The number of pyridine rings is 1. The Morgan fingerprint density at radius 1 is 1.41 bits per heavy atom. The van der Waals surface area contributed by atoms with Crippen LogP contribution >= 0.6 is 0 Å². The Kier molecular flexibility index (Phi) is 5.55. The number of nitrogens with zero attached hydrogens (tertiary/aromatic N) is 1. The van der Waals surface area contributed by atoms with Gasteiger partial charge >= 0.3 is 0 Å². The van der Waals surface area contributed by atoms with Crippen LogP contribution in [0, 0.1) is 19.8 Å². The molecule has 0 radical (unpaired) electrons. The molecule has 1 rings (SSSR count). The minimum absolute atomic E-state index is 0.123. The van der Waals surface area contributed by atoms with Crippen molar-refractivity contribution in [3.63, 3.8) is 0 Å². The molecule has 0 bridgehead atoms. The molecule has 0 amide bonds. The lowest BCUT2D eigenvalue weighted by atomic mass is 9.91. The van der Waals surface area contributed by atoms with Gasteiger partial charge in [0.05, 0.1) is 6.04 Å². The molecule has 0 aliphatic heterocycles. The first-order valence-corrected chi connectivity index (χ1v) is 5.99. The van der Waals surface area contributed by atoms with Crippen LogP contribution in [-0.2, 0) is 4.74 Å². The van der Waals surface area contributed by atoms with Crippen LogP contribution in [0.15, 0.2) is 12.1 Å². The summed E-state index contributed by atoms with van der Waals surface area (Å²) in [6.07, 6.45) is 0.971. The van der Waals surface area contributed by atoms with Crippen LogP contribution in [0.1, 0.15) is 36.3 Å². The first-order valence-electron chi connectivity index (χ1n) is 5.99. The quantitative estimate of drug-likeness (QED) is 0.586. The van der Waals surface area contributed by atoms with Gasteiger partial charge < -0.3 is 4.74 Å². The molecule has 0 aliphatic carbocycles. The van der Waals surface area contributed by atoms with Gasteiger partial charge in [-0.1, -0.05) is 13.0 Å². The molecular formula is C13H23N3O. The van der Waals surface area contributed by atoms with Crippen LogP contribution in [-0.4, -0.2) is 18.7 Å². The van der Waals surface area contributed by atoms with E-state index in [0.29, 0.717) is 5.92 Å². The van der Waals surface area contributed by atoms with Crippen LogP contribution in [0.3, 0.4) is 0 Å². The Morgan fingerprint density at radius 2 is 2.12 bits per heavy atom. The summed E-state index contributed by atoms with van der Waals surface area (Å²) < 4.78 is 5.11. The van der Waals surface area contributed by atoms with Crippen molar-refractivity contribution in [1.29, 1.82) is 0 Å². The van der Waals surface area contributed by atoms with E-state index >= 15 is 0 Å². The van der Waals surface area contributed by atoms with Gasteiger partial charge in [0.25, 0.3) is 0 Å². The zero-order valence-electron chi connectivity index (χ0n) is 11.2. The molecule has 0 fully saturated rings. The molecule has 0 saturated carbocycles. The highest BCUT2D eigenvalue weighted by Crippen LogP contribution is 2.25. The van der Waals surface area contributed by atoms with Crippen molar-refractivity contribution in [2.24, 2.45) is 11.8 Å². The number of hydrogen-bond acceptors (Lipinski definition) is 4.